The third kappa shape index (κ3) is 3.22. The van der Waals surface area contributed by atoms with Gasteiger partial charge in [0.05, 0.1) is 5.02 Å². The molecule has 1 N–H and O–H groups in total. The molecule has 0 spiro atoms. The van der Waals surface area contributed by atoms with Crippen LogP contribution in [0.4, 0.5) is 5.82 Å². The minimum atomic E-state index is -1.09. The highest BCUT2D eigenvalue weighted by Crippen LogP contribution is 2.23. The van der Waals surface area contributed by atoms with E-state index in [1.807, 2.05) is 6.07 Å². The summed E-state index contributed by atoms with van der Waals surface area (Å²) in [5.41, 5.74) is -0.0726. The van der Waals surface area contributed by atoms with Crippen LogP contribution in [-0.4, -0.2) is 53.7 Å². The molecular formula is C14H20ClN3O2. The van der Waals surface area contributed by atoms with Crippen LogP contribution in [-0.2, 0) is 0 Å². The quantitative estimate of drug-likeness (QED) is 0.928. The Morgan fingerprint density at radius 1 is 1.50 bits per heavy atom. The monoisotopic (exact) mass is 297 g/mol. The Morgan fingerprint density at radius 3 is 2.90 bits per heavy atom. The SMILES string of the molecule is CCC1CN(C)CCCN1c1ccc(Cl)c(C(=O)O)n1. The van der Waals surface area contributed by atoms with Gasteiger partial charge in [0.15, 0.2) is 5.69 Å². The van der Waals surface area contributed by atoms with Crippen molar-refractivity contribution in [1.82, 2.24) is 9.88 Å². The average molecular weight is 298 g/mol. The van der Waals surface area contributed by atoms with Crippen molar-refractivity contribution in [1.29, 1.82) is 0 Å². The molecule has 0 amide bonds. The second-order valence-electron chi connectivity index (χ2n) is 5.18. The topological polar surface area (TPSA) is 56.7 Å². The number of anilines is 1. The van der Waals surface area contributed by atoms with Crippen molar-refractivity contribution in [3.8, 4) is 0 Å². The molecule has 1 atom stereocenters. The zero-order valence-corrected chi connectivity index (χ0v) is 12.6. The third-order valence-electron chi connectivity index (χ3n) is 3.70. The molecule has 5 nitrogen and oxygen atoms in total. The molecule has 110 valence electrons. The van der Waals surface area contributed by atoms with Gasteiger partial charge < -0.3 is 14.9 Å². The fraction of sp³-hybridized carbons (Fsp3) is 0.571. The largest absolute Gasteiger partial charge is 0.476 e. The summed E-state index contributed by atoms with van der Waals surface area (Å²) in [6, 6.07) is 3.77. The van der Waals surface area contributed by atoms with Crippen LogP contribution < -0.4 is 4.90 Å². The zero-order valence-electron chi connectivity index (χ0n) is 11.8. The number of hydrogen-bond donors (Lipinski definition) is 1. The van der Waals surface area contributed by atoms with Gasteiger partial charge in [-0.05, 0) is 38.6 Å². The fourth-order valence-electron chi connectivity index (χ4n) is 2.64. The van der Waals surface area contributed by atoms with Gasteiger partial charge >= 0.3 is 5.97 Å². The molecule has 0 saturated carbocycles. The van der Waals surface area contributed by atoms with Crippen LogP contribution in [0, 0.1) is 0 Å². The first-order chi connectivity index (χ1) is 9.52. The molecule has 0 radical (unpaired) electrons. The van der Waals surface area contributed by atoms with Gasteiger partial charge in [-0.3, -0.25) is 0 Å². The van der Waals surface area contributed by atoms with Gasteiger partial charge in [-0.2, -0.15) is 0 Å². The molecule has 6 heteroatoms. The second-order valence-corrected chi connectivity index (χ2v) is 5.58. The Labute approximate surface area is 124 Å². The van der Waals surface area contributed by atoms with Crippen molar-refractivity contribution >= 4 is 23.4 Å². The molecule has 1 aromatic heterocycles. The van der Waals surface area contributed by atoms with E-state index in [4.69, 9.17) is 16.7 Å². The van der Waals surface area contributed by atoms with Crippen LogP contribution in [0.3, 0.4) is 0 Å². The van der Waals surface area contributed by atoms with E-state index in [1.165, 1.54) is 0 Å². The standard InChI is InChI=1S/C14H20ClN3O2/c1-3-10-9-17(2)7-4-8-18(10)12-6-5-11(15)13(16-12)14(19)20/h5-6,10H,3-4,7-9H2,1-2H3,(H,19,20). The lowest BCUT2D eigenvalue weighted by Gasteiger charge is -2.31. The van der Waals surface area contributed by atoms with Crippen molar-refractivity contribution < 1.29 is 9.90 Å². The lowest BCUT2D eigenvalue weighted by Crippen LogP contribution is -2.40. The zero-order chi connectivity index (χ0) is 14.7. The maximum absolute atomic E-state index is 11.2. The van der Waals surface area contributed by atoms with Crippen LogP contribution in [0.25, 0.3) is 0 Å². The van der Waals surface area contributed by atoms with Gasteiger partial charge in [0.1, 0.15) is 5.82 Å². The lowest BCUT2D eigenvalue weighted by molar-refractivity contribution is 0.0691. The number of likely N-dealkylation sites (N-methyl/N-ethyl adjacent to an activating group) is 1. The summed E-state index contributed by atoms with van der Waals surface area (Å²) in [7, 11) is 2.12. The third-order valence-corrected chi connectivity index (χ3v) is 4.01. The summed E-state index contributed by atoms with van der Waals surface area (Å²) >= 11 is 5.89. The van der Waals surface area contributed by atoms with Gasteiger partial charge in [-0.25, -0.2) is 9.78 Å². The van der Waals surface area contributed by atoms with Gasteiger partial charge in [-0.15, -0.1) is 0 Å². The smallest absolute Gasteiger partial charge is 0.356 e. The van der Waals surface area contributed by atoms with E-state index in [0.29, 0.717) is 11.9 Å². The number of hydrogen-bond acceptors (Lipinski definition) is 4. The Morgan fingerprint density at radius 2 is 2.25 bits per heavy atom. The van der Waals surface area contributed by atoms with Gasteiger partial charge in [0, 0.05) is 19.1 Å². The van der Waals surface area contributed by atoms with E-state index in [1.54, 1.807) is 6.07 Å². The van der Waals surface area contributed by atoms with Crippen molar-refractivity contribution in [3.63, 3.8) is 0 Å². The van der Waals surface area contributed by atoms with E-state index >= 15 is 0 Å². The van der Waals surface area contributed by atoms with Crippen LogP contribution in [0.1, 0.15) is 30.3 Å². The minimum absolute atomic E-state index is 0.0726. The van der Waals surface area contributed by atoms with Crippen molar-refractivity contribution in [2.75, 3.05) is 31.6 Å². The summed E-state index contributed by atoms with van der Waals surface area (Å²) in [4.78, 5) is 19.9. The molecule has 1 aromatic rings. The van der Waals surface area contributed by atoms with Crippen LogP contribution >= 0.6 is 11.6 Å². The highest BCUT2D eigenvalue weighted by molar-refractivity contribution is 6.33. The summed E-state index contributed by atoms with van der Waals surface area (Å²) in [5.74, 6) is -0.384. The van der Waals surface area contributed by atoms with E-state index in [9.17, 15) is 4.79 Å². The van der Waals surface area contributed by atoms with Gasteiger partial charge in [-0.1, -0.05) is 18.5 Å². The molecule has 0 aromatic carbocycles. The number of carbonyl (C=O) groups is 1. The van der Waals surface area contributed by atoms with Crippen molar-refractivity contribution in [3.05, 3.63) is 22.8 Å². The van der Waals surface area contributed by atoms with E-state index in [-0.39, 0.29) is 10.7 Å². The summed E-state index contributed by atoms with van der Waals surface area (Å²) < 4.78 is 0. The Hall–Kier alpha value is -1.33. The van der Waals surface area contributed by atoms with Crippen molar-refractivity contribution in [2.45, 2.75) is 25.8 Å². The number of aromatic nitrogens is 1. The van der Waals surface area contributed by atoms with E-state index in [0.717, 1.165) is 32.5 Å². The number of nitrogens with zero attached hydrogens (tertiary/aromatic N) is 3. The maximum Gasteiger partial charge on any atom is 0.356 e. The summed E-state index contributed by atoms with van der Waals surface area (Å²) in [5, 5.41) is 9.32. The number of rotatable bonds is 3. The molecule has 20 heavy (non-hydrogen) atoms. The van der Waals surface area contributed by atoms with Gasteiger partial charge in [0.25, 0.3) is 0 Å². The molecule has 1 aliphatic heterocycles. The Balaban J connectivity index is 2.33. The Kier molecular flexibility index (Phi) is 4.83. The van der Waals surface area contributed by atoms with Crippen LogP contribution in [0.2, 0.25) is 5.02 Å². The molecule has 1 fully saturated rings. The number of carboxylic acid groups (broad SMARTS) is 1. The van der Waals surface area contributed by atoms with Crippen molar-refractivity contribution in [2.24, 2.45) is 0 Å². The molecule has 1 unspecified atom stereocenters. The molecule has 2 rings (SSSR count). The second kappa shape index (κ2) is 6.41. The number of halogens is 1. The Bertz CT molecular complexity index is 495. The van der Waals surface area contributed by atoms with Crippen LogP contribution in [0.5, 0.6) is 0 Å². The first-order valence-electron chi connectivity index (χ1n) is 6.88. The number of pyridine rings is 1. The molecular weight excluding hydrogens is 278 g/mol. The lowest BCUT2D eigenvalue weighted by atomic mass is 10.2. The predicted molar refractivity (Wildman–Crippen MR) is 79.7 cm³/mol. The fourth-order valence-corrected chi connectivity index (χ4v) is 2.82. The van der Waals surface area contributed by atoms with Gasteiger partial charge in [0.2, 0.25) is 0 Å². The molecule has 1 saturated heterocycles. The molecule has 2 heterocycles. The van der Waals surface area contributed by atoms with Crippen LogP contribution in [0.15, 0.2) is 12.1 Å². The first-order valence-corrected chi connectivity index (χ1v) is 7.25. The summed E-state index contributed by atoms with van der Waals surface area (Å²) in [6.07, 6.45) is 2.04. The highest BCUT2D eigenvalue weighted by atomic mass is 35.5. The maximum atomic E-state index is 11.2. The molecule has 1 aliphatic rings. The van der Waals surface area contributed by atoms with E-state index < -0.39 is 5.97 Å². The molecule has 0 aliphatic carbocycles. The molecule has 0 bridgehead atoms. The highest BCUT2D eigenvalue weighted by Gasteiger charge is 2.24. The number of aromatic carboxylic acids is 1. The number of carboxylic acids is 1. The normalized spacial score (nSPS) is 20.8. The minimum Gasteiger partial charge on any atom is -0.476 e. The average Bonchev–Trinajstić information content (AvgIpc) is 2.60. The van der Waals surface area contributed by atoms with E-state index in [2.05, 4.69) is 28.8 Å². The summed E-state index contributed by atoms with van der Waals surface area (Å²) in [6.45, 7) is 5.04. The predicted octanol–water partition coefficient (Wildman–Crippen LogP) is 2.35. The first kappa shape index (κ1) is 15.1.